The summed E-state index contributed by atoms with van der Waals surface area (Å²) in [6.45, 7) is 1.47. The quantitative estimate of drug-likeness (QED) is 0.799. The highest BCUT2D eigenvalue weighted by molar-refractivity contribution is 6.31. The van der Waals surface area contributed by atoms with Gasteiger partial charge in [0.25, 0.3) is 12.3 Å². The molecule has 150 valence electrons. The minimum absolute atomic E-state index is 0.00536. The highest BCUT2D eigenvalue weighted by Gasteiger charge is 2.31. The summed E-state index contributed by atoms with van der Waals surface area (Å²) in [4.78, 5) is 26.0. The number of carbonyl (C=O) groups is 2. The van der Waals surface area contributed by atoms with E-state index in [4.69, 9.17) is 16.1 Å². The van der Waals surface area contributed by atoms with Crippen LogP contribution in [0.2, 0.25) is 5.02 Å². The fourth-order valence-corrected chi connectivity index (χ4v) is 2.86. The third-order valence-electron chi connectivity index (χ3n) is 4.24. The first-order chi connectivity index (χ1) is 13.3. The highest BCUT2D eigenvalue weighted by Crippen LogP contribution is 2.24. The van der Waals surface area contributed by atoms with Crippen molar-refractivity contribution in [3.63, 3.8) is 0 Å². The summed E-state index contributed by atoms with van der Waals surface area (Å²) in [5.74, 6) is -1.64. The SMILES string of the molecule is C[C@@H](NC(=O)c1onc2c1CN(C(=O)Nc1ccc(F)c(Cl)c1)CC2)C(F)F. The Morgan fingerprint density at radius 3 is 2.79 bits per heavy atom. The average molecular weight is 417 g/mol. The molecule has 2 N–H and O–H groups in total. The zero-order valence-electron chi connectivity index (χ0n) is 14.6. The van der Waals surface area contributed by atoms with Crippen molar-refractivity contribution in [2.45, 2.75) is 32.4 Å². The topological polar surface area (TPSA) is 87.5 Å². The number of fused-ring (bicyclic) bond motifs is 1. The second-order valence-electron chi connectivity index (χ2n) is 6.26. The smallest absolute Gasteiger partial charge is 0.322 e. The van der Waals surface area contributed by atoms with Gasteiger partial charge in [0.2, 0.25) is 5.76 Å². The summed E-state index contributed by atoms with van der Waals surface area (Å²) < 4.78 is 43.5. The third kappa shape index (κ3) is 4.22. The number of rotatable bonds is 4. The normalized spacial score (nSPS) is 14.6. The Labute approximate surface area is 162 Å². The molecule has 1 atom stereocenters. The van der Waals surface area contributed by atoms with Crippen LogP contribution in [0.5, 0.6) is 0 Å². The predicted molar refractivity (Wildman–Crippen MR) is 94.0 cm³/mol. The summed E-state index contributed by atoms with van der Waals surface area (Å²) in [7, 11) is 0. The Balaban J connectivity index is 1.71. The maximum absolute atomic E-state index is 13.2. The number of nitrogens with zero attached hydrogens (tertiary/aromatic N) is 2. The van der Waals surface area contributed by atoms with E-state index in [0.717, 1.165) is 6.07 Å². The largest absolute Gasteiger partial charge is 0.350 e. The molecule has 0 aliphatic carbocycles. The van der Waals surface area contributed by atoms with Crippen LogP contribution in [-0.2, 0) is 13.0 Å². The lowest BCUT2D eigenvalue weighted by atomic mass is 10.1. The van der Waals surface area contributed by atoms with Gasteiger partial charge >= 0.3 is 6.03 Å². The maximum atomic E-state index is 13.2. The van der Waals surface area contributed by atoms with Gasteiger partial charge in [-0.3, -0.25) is 4.79 Å². The summed E-state index contributed by atoms with van der Waals surface area (Å²) in [5, 5.41) is 8.37. The molecule has 3 amide bonds. The molecule has 0 unspecified atom stereocenters. The zero-order valence-corrected chi connectivity index (χ0v) is 15.4. The number of halogens is 4. The molecule has 2 aromatic rings. The number of anilines is 1. The zero-order chi connectivity index (χ0) is 20.4. The second kappa shape index (κ2) is 8.09. The molecule has 7 nitrogen and oxygen atoms in total. The van der Waals surface area contributed by atoms with Gasteiger partial charge in [0, 0.05) is 24.2 Å². The Kier molecular flexibility index (Phi) is 5.78. The number of benzene rings is 1. The van der Waals surface area contributed by atoms with Crippen molar-refractivity contribution >= 4 is 29.2 Å². The van der Waals surface area contributed by atoms with Crippen molar-refractivity contribution < 1.29 is 27.3 Å². The van der Waals surface area contributed by atoms with Crippen molar-refractivity contribution in [2.75, 3.05) is 11.9 Å². The lowest BCUT2D eigenvalue weighted by Crippen LogP contribution is -2.41. The van der Waals surface area contributed by atoms with Crippen LogP contribution in [0.25, 0.3) is 0 Å². The summed E-state index contributed by atoms with van der Waals surface area (Å²) in [6, 6.07) is 1.90. The van der Waals surface area contributed by atoms with E-state index in [0.29, 0.717) is 29.9 Å². The van der Waals surface area contributed by atoms with Gasteiger partial charge in [-0.15, -0.1) is 0 Å². The van der Waals surface area contributed by atoms with Crippen molar-refractivity contribution in [3.8, 4) is 0 Å². The molecular weight excluding hydrogens is 401 g/mol. The maximum Gasteiger partial charge on any atom is 0.322 e. The summed E-state index contributed by atoms with van der Waals surface area (Å²) in [5.41, 5.74) is 1.15. The molecule has 28 heavy (non-hydrogen) atoms. The van der Waals surface area contributed by atoms with Crippen molar-refractivity contribution in [2.24, 2.45) is 0 Å². The Morgan fingerprint density at radius 2 is 2.11 bits per heavy atom. The van der Waals surface area contributed by atoms with Gasteiger partial charge < -0.3 is 20.1 Å². The van der Waals surface area contributed by atoms with Crippen molar-refractivity contribution in [1.82, 2.24) is 15.4 Å². The fourth-order valence-electron chi connectivity index (χ4n) is 2.68. The molecule has 1 aliphatic rings. The lowest BCUT2D eigenvalue weighted by Gasteiger charge is -2.26. The molecule has 2 heterocycles. The number of hydrogen-bond donors (Lipinski definition) is 2. The van der Waals surface area contributed by atoms with Gasteiger partial charge in [-0.05, 0) is 25.1 Å². The molecule has 3 rings (SSSR count). The number of aromatic nitrogens is 1. The molecule has 11 heteroatoms. The summed E-state index contributed by atoms with van der Waals surface area (Å²) in [6.07, 6.45) is -2.40. The highest BCUT2D eigenvalue weighted by atomic mass is 35.5. The first-order valence-corrected chi connectivity index (χ1v) is 8.71. The molecule has 0 radical (unpaired) electrons. The standard InChI is InChI=1S/C17H16ClF3N4O3/c1-8(15(20)21)22-16(26)14-10-7-25(5-4-13(10)24-28-14)17(27)23-9-2-3-12(19)11(18)6-9/h2-3,6,8,15H,4-5,7H2,1H3,(H,22,26)(H,23,27)/t8-/m1/s1. The summed E-state index contributed by atoms with van der Waals surface area (Å²) >= 11 is 5.70. The second-order valence-corrected chi connectivity index (χ2v) is 6.67. The Hall–Kier alpha value is -2.75. The molecule has 0 saturated heterocycles. The van der Waals surface area contributed by atoms with Crippen LogP contribution in [0.4, 0.5) is 23.7 Å². The van der Waals surface area contributed by atoms with Crippen LogP contribution in [0.15, 0.2) is 22.7 Å². The first-order valence-electron chi connectivity index (χ1n) is 8.33. The number of hydrogen-bond acceptors (Lipinski definition) is 4. The van der Waals surface area contributed by atoms with Gasteiger partial charge in [-0.25, -0.2) is 18.0 Å². The van der Waals surface area contributed by atoms with Gasteiger partial charge in [-0.1, -0.05) is 16.8 Å². The Morgan fingerprint density at radius 1 is 1.36 bits per heavy atom. The molecular formula is C17H16ClF3N4O3. The van der Waals surface area contributed by atoms with E-state index in [1.165, 1.54) is 24.0 Å². The van der Waals surface area contributed by atoms with E-state index in [1.807, 2.05) is 0 Å². The average Bonchev–Trinajstić information content (AvgIpc) is 3.07. The lowest BCUT2D eigenvalue weighted by molar-refractivity contribution is 0.0749. The van der Waals surface area contributed by atoms with Gasteiger partial charge in [-0.2, -0.15) is 0 Å². The predicted octanol–water partition coefficient (Wildman–Crippen LogP) is 3.44. The van der Waals surface area contributed by atoms with E-state index in [2.05, 4.69) is 15.8 Å². The molecule has 0 bridgehead atoms. The minimum atomic E-state index is -2.73. The van der Waals surface area contributed by atoms with E-state index in [-0.39, 0.29) is 17.3 Å². The number of nitrogens with one attached hydrogen (secondary N) is 2. The van der Waals surface area contributed by atoms with E-state index in [9.17, 15) is 22.8 Å². The molecule has 1 aromatic carbocycles. The number of urea groups is 1. The van der Waals surface area contributed by atoms with Crippen LogP contribution in [0.1, 0.15) is 28.7 Å². The van der Waals surface area contributed by atoms with Gasteiger partial charge in [0.15, 0.2) is 0 Å². The Bertz CT molecular complexity index is 906. The van der Waals surface area contributed by atoms with E-state index < -0.39 is 30.2 Å². The van der Waals surface area contributed by atoms with Crippen molar-refractivity contribution in [1.29, 1.82) is 0 Å². The van der Waals surface area contributed by atoms with E-state index >= 15 is 0 Å². The van der Waals surface area contributed by atoms with Crippen LogP contribution in [-0.4, -0.2) is 41.0 Å². The van der Waals surface area contributed by atoms with Crippen molar-refractivity contribution in [3.05, 3.63) is 46.1 Å². The van der Waals surface area contributed by atoms with Crippen LogP contribution in [0, 0.1) is 5.82 Å². The minimum Gasteiger partial charge on any atom is -0.350 e. The third-order valence-corrected chi connectivity index (χ3v) is 4.53. The van der Waals surface area contributed by atoms with Gasteiger partial charge in [0.1, 0.15) is 5.82 Å². The van der Waals surface area contributed by atoms with Crippen LogP contribution in [0.3, 0.4) is 0 Å². The van der Waals surface area contributed by atoms with Crippen LogP contribution >= 0.6 is 11.6 Å². The number of alkyl halides is 2. The fraction of sp³-hybridized carbons (Fsp3) is 0.353. The first kappa shape index (κ1) is 20.0. The number of carbonyl (C=O) groups excluding carboxylic acids is 2. The number of amides is 3. The molecule has 0 spiro atoms. The van der Waals surface area contributed by atoms with Crippen LogP contribution < -0.4 is 10.6 Å². The molecule has 0 saturated carbocycles. The monoisotopic (exact) mass is 416 g/mol. The van der Waals surface area contributed by atoms with E-state index in [1.54, 1.807) is 0 Å². The molecule has 1 aliphatic heterocycles. The molecule has 0 fully saturated rings. The van der Waals surface area contributed by atoms with Gasteiger partial charge in [0.05, 0.1) is 23.3 Å². The molecule has 1 aromatic heterocycles.